The average Bonchev–Trinajstić information content (AvgIpc) is 3.15. The Labute approximate surface area is 202 Å². The summed E-state index contributed by atoms with van der Waals surface area (Å²) in [5, 5.41) is 20.5. The predicted molar refractivity (Wildman–Crippen MR) is 129 cm³/mol. The molecule has 1 amide bonds. The van der Waals surface area contributed by atoms with Gasteiger partial charge in [-0.2, -0.15) is 5.26 Å². The van der Waals surface area contributed by atoms with Crippen molar-refractivity contribution in [3.63, 3.8) is 0 Å². The highest BCUT2D eigenvalue weighted by Gasteiger charge is 2.47. The van der Waals surface area contributed by atoms with Crippen molar-refractivity contribution in [3.05, 3.63) is 89.3 Å². The first-order valence-electron chi connectivity index (χ1n) is 11.1. The molecule has 0 bridgehead atoms. The average molecular weight is 469 g/mol. The van der Waals surface area contributed by atoms with Gasteiger partial charge in [0.25, 0.3) is 11.7 Å². The minimum atomic E-state index is -0.910. The molecule has 0 radical (unpaired) electrons. The maximum atomic E-state index is 13.3. The lowest BCUT2D eigenvalue weighted by Gasteiger charge is -2.25. The third kappa shape index (κ3) is 4.44. The monoisotopic (exact) mass is 469 g/mol. The number of benzene rings is 2. The number of hydrogen-bond acceptors (Lipinski definition) is 7. The van der Waals surface area contributed by atoms with E-state index in [9.17, 15) is 14.7 Å². The largest absolute Gasteiger partial charge is 0.507 e. The SMILES string of the molecule is CCOc1ccc(/C(O)=C2/C(=O)C(=O)N(c3ccc(C#N)cc3)C2c2ccncc2)c(OCC)c1. The molecule has 1 saturated heterocycles. The fraction of sp³-hybridized carbons (Fsp3) is 0.185. The minimum Gasteiger partial charge on any atom is -0.507 e. The first-order chi connectivity index (χ1) is 17.0. The highest BCUT2D eigenvalue weighted by atomic mass is 16.5. The number of pyridine rings is 1. The molecule has 1 N–H and O–H groups in total. The van der Waals surface area contributed by atoms with Crippen LogP contribution in [0.1, 0.15) is 36.6 Å². The molecule has 1 aliphatic rings. The quantitative estimate of drug-likeness (QED) is 0.310. The number of Topliss-reactive ketones (excluding diaryl/α,β-unsaturated/α-hetero) is 1. The van der Waals surface area contributed by atoms with Gasteiger partial charge in [0, 0.05) is 24.1 Å². The van der Waals surface area contributed by atoms with Crippen LogP contribution < -0.4 is 14.4 Å². The van der Waals surface area contributed by atoms with E-state index in [2.05, 4.69) is 4.98 Å². The number of anilines is 1. The van der Waals surface area contributed by atoms with E-state index < -0.39 is 17.7 Å². The van der Waals surface area contributed by atoms with Crippen LogP contribution >= 0.6 is 0 Å². The zero-order chi connectivity index (χ0) is 24.9. The number of ether oxygens (including phenoxy) is 2. The van der Waals surface area contributed by atoms with E-state index in [1.165, 1.54) is 4.90 Å². The normalized spacial score (nSPS) is 16.7. The van der Waals surface area contributed by atoms with Crippen LogP contribution in [0.3, 0.4) is 0 Å². The van der Waals surface area contributed by atoms with Gasteiger partial charge >= 0.3 is 0 Å². The Kier molecular flexibility index (Phi) is 6.78. The van der Waals surface area contributed by atoms with Crippen molar-refractivity contribution < 1.29 is 24.2 Å². The van der Waals surface area contributed by atoms with Gasteiger partial charge < -0.3 is 14.6 Å². The van der Waals surface area contributed by atoms with Gasteiger partial charge in [-0.25, -0.2) is 0 Å². The molecule has 176 valence electrons. The van der Waals surface area contributed by atoms with E-state index >= 15 is 0 Å². The second-order valence-electron chi connectivity index (χ2n) is 7.63. The summed E-state index contributed by atoms with van der Waals surface area (Å²) in [6.07, 6.45) is 3.10. The van der Waals surface area contributed by atoms with Gasteiger partial charge in [0.1, 0.15) is 17.3 Å². The molecule has 4 rings (SSSR count). The van der Waals surface area contributed by atoms with Gasteiger partial charge in [0.05, 0.1) is 42.0 Å². The maximum Gasteiger partial charge on any atom is 0.300 e. The lowest BCUT2D eigenvalue weighted by Crippen LogP contribution is -2.29. The number of nitrogens with zero attached hydrogens (tertiary/aromatic N) is 3. The number of hydrogen-bond donors (Lipinski definition) is 1. The minimum absolute atomic E-state index is 0.0735. The standard InChI is InChI=1S/C27H23N3O5/c1-3-34-20-9-10-21(22(15-20)35-4-2)25(31)23-24(18-11-13-29-14-12-18)30(27(33)26(23)32)19-7-5-17(16-28)6-8-19/h5-15,24,31H,3-4H2,1-2H3/b25-23-. The van der Waals surface area contributed by atoms with Gasteiger partial charge in [-0.1, -0.05) is 0 Å². The summed E-state index contributed by atoms with van der Waals surface area (Å²) < 4.78 is 11.3. The van der Waals surface area contributed by atoms with E-state index in [0.29, 0.717) is 41.5 Å². The van der Waals surface area contributed by atoms with Crippen molar-refractivity contribution in [2.75, 3.05) is 18.1 Å². The van der Waals surface area contributed by atoms with Crippen LogP contribution in [-0.4, -0.2) is 35.0 Å². The van der Waals surface area contributed by atoms with Crippen LogP contribution in [0.25, 0.3) is 5.76 Å². The van der Waals surface area contributed by atoms with Crippen molar-refractivity contribution in [2.45, 2.75) is 19.9 Å². The Morgan fingerprint density at radius 2 is 1.71 bits per heavy atom. The maximum absolute atomic E-state index is 13.3. The number of carbonyl (C=O) groups is 2. The molecule has 8 nitrogen and oxygen atoms in total. The van der Waals surface area contributed by atoms with Gasteiger partial charge in [-0.05, 0) is 67.9 Å². The highest BCUT2D eigenvalue weighted by molar-refractivity contribution is 6.51. The molecule has 1 aliphatic heterocycles. The Morgan fingerprint density at radius 1 is 1.03 bits per heavy atom. The number of rotatable bonds is 7. The molecule has 1 unspecified atom stereocenters. The number of ketones is 1. The molecule has 1 atom stereocenters. The molecule has 8 heteroatoms. The van der Waals surface area contributed by atoms with E-state index in [1.54, 1.807) is 73.9 Å². The summed E-state index contributed by atoms with van der Waals surface area (Å²) in [7, 11) is 0. The molecule has 35 heavy (non-hydrogen) atoms. The van der Waals surface area contributed by atoms with Crippen molar-refractivity contribution in [3.8, 4) is 17.6 Å². The smallest absolute Gasteiger partial charge is 0.300 e. The Morgan fingerprint density at radius 3 is 2.34 bits per heavy atom. The Balaban J connectivity index is 1.92. The Hall–Kier alpha value is -4.64. The molecule has 0 aliphatic carbocycles. The Bertz CT molecular complexity index is 1330. The lowest BCUT2D eigenvalue weighted by atomic mass is 9.95. The molecule has 0 saturated carbocycles. The van der Waals surface area contributed by atoms with Gasteiger partial charge in [0.2, 0.25) is 0 Å². The van der Waals surface area contributed by atoms with Crippen LogP contribution in [0.5, 0.6) is 11.5 Å². The zero-order valence-electron chi connectivity index (χ0n) is 19.3. The first kappa shape index (κ1) is 23.5. The van der Waals surface area contributed by atoms with Crippen molar-refractivity contribution in [1.29, 1.82) is 5.26 Å². The molecule has 2 aromatic carbocycles. The second kappa shape index (κ2) is 10.1. The van der Waals surface area contributed by atoms with E-state index in [1.807, 2.05) is 13.0 Å². The van der Waals surface area contributed by atoms with Gasteiger partial charge in [0.15, 0.2) is 0 Å². The van der Waals surface area contributed by atoms with Crippen molar-refractivity contribution in [2.24, 2.45) is 0 Å². The summed E-state index contributed by atoms with van der Waals surface area (Å²) in [6.45, 7) is 4.43. The third-order valence-corrected chi connectivity index (χ3v) is 5.56. The number of carbonyl (C=O) groups excluding carboxylic acids is 2. The number of amides is 1. The fourth-order valence-electron chi connectivity index (χ4n) is 4.03. The van der Waals surface area contributed by atoms with Crippen molar-refractivity contribution in [1.82, 2.24) is 4.98 Å². The molecule has 1 aromatic heterocycles. The van der Waals surface area contributed by atoms with Crippen LogP contribution in [0, 0.1) is 11.3 Å². The van der Waals surface area contributed by atoms with Crippen molar-refractivity contribution >= 4 is 23.1 Å². The molecular formula is C27H23N3O5. The highest BCUT2D eigenvalue weighted by Crippen LogP contribution is 2.43. The summed E-state index contributed by atoms with van der Waals surface area (Å²) >= 11 is 0. The molecular weight excluding hydrogens is 446 g/mol. The number of aromatic nitrogens is 1. The third-order valence-electron chi connectivity index (χ3n) is 5.56. The van der Waals surface area contributed by atoms with Crippen LogP contribution in [0.15, 0.2) is 72.6 Å². The fourth-order valence-corrected chi connectivity index (χ4v) is 4.03. The molecule has 1 fully saturated rings. The van der Waals surface area contributed by atoms with Crippen LogP contribution in [0.2, 0.25) is 0 Å². The topological polar surface area (TPSA) is 113 Å². The first-order valence-corrected chi connectivity index (χ1v) is 11.1. The second-order valence-corrected chi connectivity index (χ2v) is 7.63. The molecule has 3 aromatic rings. The van der Waals surface area contributed by atoms with Crippen LogP contribution in [0.4, 0.5) is 5.69 Å². The summed E-state index contributed by atoms with van der Waals surface area (Å²) in [4.78, 5) is 31.9. The zero-order valence-corrected chi connectivity index (χ0v) is 19.3. The summed E-state index contributed by atoms with van der Waals surface area (Å²) in [5.74, 6) is -1.09. The van der Waals surface area contributed by atoms with Crippen LogP contribution in [-0.2, 0) is 9.59 Å². The van der Waals surface area contributed by atoms with Gasteiger partial charge in [-0.3, -0.25) is 19.5 Å². The number of nitriles is 1. The van der Waals surface area contributed by atoms with E-state index in [4.69, 9.17) is 14.7 Å². The summed E-state index contributed by atoms with van der Waals surface area (Å²) in [5.41, 5.74) is 1.63. The van der Waals surface area contributed by atoms with E-state index in [0.717, 1.165) is 0 Å². The number of aliphatic hydroxyl groups excluding tert-OH is 1. The summed E-state index contributed by atoms with van der Waals surface area (Å²) in [6, 6.07) is 15.7. The number of aliphatic hydroxyl groups is 1. The van der Waals surface area contributed by atoms with E-state index in [-0.39, 0.29) is 16.9 Å². The predicted octanol–water partition coefficient (Wildman–Crippen LogP) is 4.38. The lowest BCUT2D eigenvalue weighted by molar-refractivity contribution is -0.132. The molecule has 0 spiro atoms. The molecule has 2 heterocycles. The van der Waals surface area contributed by atoms with Gasteiger partial charge in [-0.15, -0.1) is 0 Å².